The Morgan fingerprint density at radius 3 is 2.36 bits per heavy atom. The third-order valence-corrected chi connectivity index (χ3v) is 9.84. The molecule has 2 N–H and O–H groups in total. The van der Waals surface area contributed by atoms with Gasteiger partial charge in [-0.25, -0.2) is 8.42 Å². The van der Waals surface area contributed by atoms with Crippen molar-refractivity contribution in [2.75, 3.05) is 33.2 Å². The second kappa shape index (κ2) is 11.1. The molecule has 42 heavy (non-hydrogen) atoms. The fourth-order valence-electron chi connectivity index (χ4n) is 5.31. The number of hydrogen-bond donors (Lipinski definition) is 2. The summed E-state index contributed by atoms with van der Waals surface area (Å²) in [6.07, 6.45) is -3.68. The van der Waals surface area contributed by atoms with Crippen LogP contribution in [0.3, 0.4) is 0 Å². The predicted molar refractivity (Wildman–Crippen MR) is 151 cm³/mol. The lowest BCUT2D eigenvalue weighted by molar-refractivity contribution is -0.161. The van der Waals surface area contributed by atoms with Gasteiger partial charge in [-0.2, -0.15) is 22.7 Å². The molecule has 5 rings (SSSR count). The maximum Gasteiger partial charge on any atom is 0.407 e. The van der Waals surface area contributed by atoms with Crippen LogP contribution in [-0.4, -0.2) is 74.5 Å². The lowest BCUT2D eigenvalue weighted by Gasteiger charge is -2.31. The number of carbonyl (C=O) groups is 1. The van der Waals surface area contributed by atoms with Gasteiger partial charge < -0.3 is 14.6 Å². The summed E-state index contributed by atoms with van der Waals surface area (Å²) in [5, 5.41) is 15.4. The van der Waals surface area contributed by atoms with Crippen LogP contribution in [0.4, 0.5) is 13.2 Å². The van der Waals surface area contributed by atoms with Crippen LogP contribution in [0.1, 0.15) is 44.7 Å². The zero-order valence-corrected chi connectivity index (χ0v) is 24.5. The molecule has 0 spiro atoms. The Bertz CT molecular complexity index is 1630. The van der Waals surface area contributed by atoms with E-state index in [1.165, 1.54) is 40.7 Å². The molecule has 0 bridgehead atoms. The number of rotatable bonds is 9. The van der Waals surface area contributed by atoms with Crippen molar-refractivity contribution in [2.24, 2.45) is 5.92 Å². The highest BCUT2D eigenvalue weighted by Gasteiger charge is 2.47. The van der Waals surface area contributed by atoms with Crippen molar-refractivity contribution in [1.29, 1.82) is 5.26 Å². The summed E-state index contributed by atoms with van der Waals surface area (Å²) in [6, 6.07) is 7.20. The largest absolute Gasteiger partial charge is 0.456 e. The number of nitrogens with zero attached hydrogens (tertiary/aromatic N) is 3. The number of halogens is 3. The maximum absolute atomic E-state index is 14.4. The number of benzene rings is 2. The van der Waals surface area contributed by atoms with Gasteiger partial charge in [-0.3, -0.25) is 10.1 Å². The number of likely N-dealkylation sites (N-methyl/N-ethyl adjacent to an activating group) is 1. The van der Waals surface area contributed by atoms with Gasteiger partial charge in [0.2, 0.25) is 15.9 Å². The van der Waals surface area contributed by atoms with Gasteiger partial charge in [0.05, 0.1) is 17.0 Å². The van der Waals surface area contributed by atoms with Gasteiger partial charge in [-0.05, 0) is 62.1 Å². The van der Waals surface area contributed by atoms with E-state index in [1.54, 1.807) is 13.8 Å². The Morgan fingerprint density at radius 2 is 1.76 bits per heavy atom. The zero-order valence-electron chi connectivity index (χ0n) is 23.7. The first-order valence-electron chi connectivity index (χ1n) is 13.9. The number of amides is 1. The van der Waals surface area contributed by atoms with Gasteiger partial charge in [-0.1, -0.05) is 26.0 Å². The third-order valence-electron chi connectivity index (χ3n) is 7.95. The van der Waals surface area contributed by atoms with Crippen molar-refractivity contribution in [1.82, 2.24) is 19.8 Å². The smallest absolute Gasteiger partial charge is 0.407 e. The molecule has 1 aliphatic carbocycles. The van der Waals surface area contributed by atoms with Crippen LogP contribution in [0, 0.1) is 17.2 Å². The molecule has 1 saturated heterocycles. The molecule has 13 heteroatoms. The molecular weight excluding hydrogens is 571 g/mol. The second-order valence-electron chi connectivity index (χ2n) is 11.7. The van der Waals surface area contributed by atoms with Crippen LogP contribution in [0.25, 0.3) is 21.9 Å². The molecule has 226 valence electrons. The standard InChI is InChI=1S/C29H34F3N5O4S/c1-18(2)14-23(27(38)35-28(17-33)8-9-28)34-26(29(30,31)32)19-4-6-21-22-16-20(5-7-24(22)41-25(21)15-19)42(39,40)37-12-10-36(3)11-13-37/h4-7,15-16,18,23,26,34H,8-14H2,1-3H3,(H,35,38). The predicted octanol–water partition coefficient (Wildman–Crippen LogP) is 4.30. The summed E-state index contributed by atoms with van der Waals surface area (Å²) in [7, 11) is -1.83. The molecule has 0 radical (unpaired) electrons. The number of hydrogen-bond acceptors (Lipinski definition) is 7. The summed E-state index contributed by atoms with van der Waals surface area (Å²) >= 11 is 0. The van der Waals surface area contributed by atoms with Crippen LogP contribution in [0.5, 0.6) is 0 Å². The molecule has 3 aromatic rings. The van der Waals surface area contributed by atoms with Crippen molar-refractivity contribution in [3.63, 3.8) is 0 Å². The van der Waals surface area contributed by atoms with Crippen LogP contribution in [0.2, 0.25) is 0 Å². The van der Waals surface area contributed by atoms with Gasteiger partial charge in [0.1, 0.15) is 22.7 Å². The Balaban J connectivity index is 1.46. The number of piperazine rings is 1. The summed E-state index contributed by atoms with van der Waals surface area (Å²) in [5.74, 6) is -0.732. The Kier molecular flexibility index (Phi) is 8.04. The molecule has 2 atom stereocenters. The number of alkyl halides is 3. The van der Waals surface area contributed by atoms with E-state index in [1.807, 2.05) is 18.0 Å². The van der Waals surface area contributed by atoms with Gasteiger partial charge in [0.15, 0.2) is 0 Å². The third kappa shape index (κ3) is 6.13. The number of furan rings is 1. The minimum absolute atomic E-state index is 0.0893. The zero-order chi connectivity index (χ0) is 30.4. The molecule has 1 amide bonds. The summed E-state index contributed by atoms with van der Waals surface area (Å²) in [5.41, 5.74) is -0.647. The van der Waals surface area contributed by atoms with Crippen molar-refractivity contribution in [3.8, 4) is 6.07 Å². The van der Waals surface area contributed by atoms with E-state index in [9.17, 15) is 31.6 Å². The number of nitriles is 1. The van der Waals surface area contributed by atoms with Crippen LogP contribution in [0.15, 0.2) is 45.7 Å². The van der Waals surface area contributed by atoms with E-state index in [0.717, 1.165) is 0 Å². The van der Waals surface area contributed by atoms with Crippen LogP contribution < -0.4 is 10.6 Å². The normalized spacial score (nSPS) is 19.6. The lowest BCUT2D eigenvalue weighted by Crippen LogP contribution is -2.52. The molecular formula is C29H34F3N5O4S. The number of nitrogens with one attached hydrogen (secondary N) is 2. The molecule has 2 fully saturated rings. The molecule has 1 aromatic heterocycles. The minimum Gasteiger partial charge on any atom is -0.456 e. The molecule has 1 saturated carbocycles. The van der Waals surface area contributed by atoms with Gasteiger partial charge in [-0.15, -0.1) is 0 Å². The molecule has 9 nitrogen and oxygen atoms in total. The highest BCUT2D eigenvalue weighted by Crippen LogP contribution is 2.38. The Hall–Kier alpha value is -3.18. The quantitative estimate of drug-likeness (QED) is 0.373. The van der Waals surface area contributed by atoms with E-state index >= 15 is 0 Å². The average molecular weight is 606 g/mol. The topological polar surface area (TPSA) is 119 Å². The fourth-order valence-corrected chi connectivity index (χ4v) is 6.76. The van der Waals surface area contributed by atoms with Crippen LogP contribution in [-0.2, 0) is 14.8 Å². The Morgan fingerprint density at radius 1 is 1.07 bits per heavy atom. The average Bonchev–Trinajstić information content (AvgIpc) is 3.60. The first kappa shape index (κ1) is 30.3. The van der Waals surface area contributed by atoms with Crippen molar-refractivity contribution in [3.05, 3.63) is 42.0 Å². The van der Waals surface area contributed by atoms with E-state index in [0.29, 0.717) is 55.4 Å². The van der Waals surface area contributed by atoms with Gasteiger partial charge in [0.25, 0.3) is 0 Å². The van der Waals surface area contributed by atoms with E-state index in [2.05, 4.69) is 10.6 Å². The number of carbonyl (C=O) groups excluding carboxylic acids is 1. The first-order chi connectivity index (χ1) is 19.7. The Labute approximate surface area is 242 Å². The summed E-state index contributed by atoms with van der Waals surface area (Å²) in [4.78, 5) is 15.1. The lowest BCUT2D eigenvalue weighted by atomic mass is 9.98. The van der Waals surface area contributed by atoms with E-state index < -0.39 is 39.7 Å². The monoisotopic (exact) mass is 605 g/mol. The van der Waals surface area contributed by atoms with Crippen molar-refractivity contribution < 1.29 is 30.8 Å². The SMILES string of the molecule is CC(C)CC(NC(c1ccc2c(c1)oc1ccc(S(=O)(=O)N3CCN(C)CC3)cc12)C(F)(F)F)C(=O)NC1(C#N)CC1. The number of sulfonamides is 1. The second-order valence-corrected chi connectivity index (χ2v) is 13.7. The molecule has 2 heterocycles. The summed E-state index contributed by atoms with van der Waals surface area (Å²) < 4.78 is 77.1. The molecule has 2 unspecified atom stereocenters. The first-order valence-corrected chi connectivity index (χ1v) is 15.4. The fraction of sp³-hybridized carbons (Fsp3) is 0.517. The van der Waals surface area contributed by atoms with Crippen molar-refractivity contribution >= 4 is 37.9 Å². The maximum atomic E-state index is 14.4. The number of fused-ring (bicyclic) bond motifs is 3. The minimum atomic E-state index is -4.74. The van der Waals surface area contributed by atoms with Gasteiger partial charge >= 0.3 is 6.18 Å². The highest BCUT2D eigenvalue weighted by atomic mass is 32.2. The highest BCUT2D eigenvalue weighted by molar-refractivity contribution is 7.89. The van der Waals surface area contributed by atoms with Crippen molar-refractivity contribution in [2.45, 2.75) is 61.8 Å². The van der Waals surface area contributed by atoms with E-state index in [-0.39, 0.29) is 28.4 Å². The van der Waals surface area contributed by atoms with Gasteiger partial charge in [0, 0.05) is 37.0 Å². The summed E-state index contributed by atoms with van der Waals surface area (Å²) in [6.45, 7) is 5.58. The molecule has 2 aromatic carbocycles. The van der Waals surface area contributed by atoms with E-state index in [4.69, 9.17) is 4.42 Å². The van der Waals surface area contributed by atoms with Crippen LogP contribution >= 0.6 is 0 Å². The molecule has 2 aliphatic rings. The molecule has 1 aliphatic heterocycles.